The van der Waals surface area contributed by atoms with Crippen LogP contribution in [-0.2, 0) is 4.79 Å². The van der Waals surface area contributed by atoms with Gasteiger partial charge in [0.1, 0.15) is 0 Å². The van der Waals surface area contributed by atoms with E-state index in [-0.39, 0.29) is 12.6 Å². The lowest BCUT2D eigenvalue weighted by Crippen LogP contribution is -1.97. The minimum absolute atomic E-state index is 0. The summed E-state index contributed by atoms with van der Waals surface area (Å²) in [5.74, 6) is -0.745. The SMILES string of the molecule is CCC(=O)O.CCCCCCCCP(CCCCCCCC)CCCCCCCC.N. The molecule has 0 radical (unpaired) electrons. The molecule has 0 aliphatic rings. The monoisotopic (exact) mass is 461 g/mol. The van der Waals surface area contributed by atoms with Crippen molar-refractivity contribution in [3.8, 4) is 0 Å². The normalized spacial score (nSPS) is 10.5. The number of hydrogen-bond donors (Lipinski definition) is 2. The molecule has 0 saturated heterocycles. The van der Waals surface area contributed by atoms with E-state index in [1.165, 1.54) is 116 Å². The van der Waals surface area contributed by atoms with Gasteiger partial charge in [0.05, 0.1) is 0 Å². The van der Waals surface area contributed by atoms with Gasteiger partial charge in [-0.05, 0) is 37.7 Å². The van der Waals surface area contributed by atoms with Crippen LogP contribution < -0.4 is 6.15 Å². The molecule has 0 aliphatic carbocycles. The zero-order chi connectivity index (χ0) is 22.7. The highest BCUT2D eigenvalue weighted by atomic mass is 31.1. The lowest BCUT2D eigenvalue weighted by Gasteiger charge is -2.18. The summed E-state index contributed by atoms with van der Waals surface area (Å²) in [6, 6.07) is 0. The maximum absolute atomic E-state index is 9.37. The van der Waals surface area contributed by atoms with Gasteiger partial charge in [-0.25, -0.2) is 0 Å². The van der Waals surface area contributed by atoms with Gasteiger partial charge in [0.25, 0.3) is 0 Å². The van der Waals surface area contributed by atoms with Crippen molar-refractivity contribution >= 4 is 13.9 Å². The third kappa shape index (κ3) is 34.7. The molecule has 31 heavy (non-hydrogen) atoms. The number of hydrogen-bond acceptors (Lipinski definition) is 2. The molecular formula is C27H60NO2P. The van der Waals surface area contributed by atoms with Gasteiger partial charge in [-0.2, -0.15) is 0 Å². The number of carbonyl (C=O) groups is 1. The lowest BCUT2D eigenvalue weighted by atomic mass is 10.1. The van der Waals surface area contributed by atoms with Crippen molar-refractivity contribution in [1.82, 2.24) is 6.15 Å². The Balaban J connectivity index is -0.00000116. The predicted octanol–water partition coefficient (Wildman–Crippen LogP) is 10.2. The molecule has 0 unspecified atom stereocenters. The molecule has 0 fully saturated rings. The van der Waals surface area contributed by atoms with Crippen molar-refractivity contribution in [3.63, 3.8) is 0 Å². The highest BCUT2D eigenvalue weighted by Crippen LogP contribution is 2.39. The molecule has 0 bridgehead atoms. The van der Waals surface area contributed by atoms with Crippen molar-refractivity contribution in [2.24, 2.45) is 0 Å². The standard InChI is InChI=1S/C24H51P.C3H6O2.H3N/c1-4-7-10-13-16-19-22-25(23-20-17-14-11-8-5-2)24-21-18-15-12-9-6-3;1-2-3(4)5;/h4-24H2,1-3H3;2H2,1H3,(H,4,5);1H3. The number of unbranched alkanes of at least 4 members (excludes halogenated alkanes) is 15. The number of carboxylic acid groups (broad SMARTS) is 1. The molecule has 0 spiro atoms. The second kappa shape index (κ2) is 32.0. The van der Waals surface area contributed by atoms with Crippen LogP contribution in [0, 0.1) is 0 Å². The van der Waals surface area contributed by atoms with E-state index in [9.17, 15) is 4.79 Å². The highest BCUT2D eigenvalue weighted by molar-refractivity contribution is 7.57. The molecule has 0 aromatic carbocycles. The first-order valence-electron chi connectivity index (χ1n) is 13.6. The predicted molar refractivity (Wildman–Crippen MR) is 145 cm³/mol. The van der Waals surface area contributed by atoms with E-state index >= 15 is 0 Å². The Morgan fingerprint density at radius 2 is 0.742 bits per heavy atom. The third-order valence-electron chi connectivity index (χ3n) is 5.79. The van der Waals surface area contributed by atoms with E-state index in [1.54, 1.807) is 25.4 Å². The second-order valence-corrected chi connectivity index (χ2v) is 11.6. The van der Waals surface area contributed by atoms with Crippen LogP contribution in [0.3, 0.4) is 0 Å². The average Bonchev–Trinajstić information content (AvgIpc) is 2.75. The summed E-state index contributed by atoms with van der Waals surface area (Å²) in [5.41, 5.74) is 0. The second-order valence-electron chi connectivity index (χ2n) is 8.89. The molecule has 0 saturated carbocycles. The maximum atomic E-state index is 9.37. The third-order valence-corrected chi connectivity index (χ3v) is 8.63. The van der Waals surface area contributed by atoms with E-state index in [1.807, 2.05) is 0 Å². The number of rotatable bonds is 22. The molecule has 0 rings (SSSR count). The van der Waals surface area contributed by atoms with Gasteiger partial charge >= 0.3 is 5.97 Å². The Kier molecular flexibility index (Phi) is 36.6. The molecule has 0 aromatic heterocycles. The van der Waals surface area contributed by atoms with Crippen LogP contribution in [0.5, 0.6) is 0 Å². The average molecular weight is 462 g/mol. The van der Waals surface area contributed by atoms with Gasteiger partial charge in [0.2, 0.25) is 0 Å². The fraction of sp³-hybridized carbons (Fsp3) is 0.963. The fourth-order valence-electron chi connectivity index (χ4n) is 3.68. The summed E-state index contributed by atoms with van der Waals surface area (Å²) in [4.78, 5) is 9.37. The molecule has 0 aromatic rings. The Bertz CT molecular complexity index is 288. The van der Waals surface area contributed by atoms with Crippen LogP contribution in [0.2, 0.25) is 0 Å². The van der Waals surface area contributed by atoms with E-state index in [0.29, 0.717) is 7.92 Å². The van der Waals surface area contributed by atoms with E-state index in [2.05, 4.69) is 20.8 Å². The van der Waals surface area contributed by atoms with E-state index in [0.717, 1.165) is 0 Å². The summed E-state index contributed by atoms with van der Waals surface area (Å²) in [6.45, 7) is 8.56. The molecule has 0 heterocycles. The van der Waals surface area contributed by atoms with Crippen LogP contribution in [0.15, 0.2) is 0 Å². The minimum Gasteiger partial charge on any atom is -0.481 e. The molecular weight excluding hydrogens is 401 g/mol. The van der Waals surface area contributed by atoms with Gasteiger partial charge < -0.3 is 11.3 Å². The zero-order valence-electron chi connectivity index (χ0n) is 22.1. The molecule has 4 N–H and O–H groups in total. The summed E-state index contributed by atoms with van der Waals surface area (Å²) in [7, 11) is 0.366. The Morgan fingerprint density at radius 3 is 0.968 bits per heavy atom. The first-order chi connectivity index (χ1) is 14.6. The van der Waals surface area contributed by atoms with Crippen molar-refractivity contribution in [3.05, 3.63) is 0 Å². The van der Waals surface area contributed by atoms with Crippen molar-refractivity contribution in [1.29, 1.82) is 0 Å². The molecule has 0 aliphatic heterocycles. The van der Waals surface area contributed by atoms with Gasteiger partial charge in [0, 0.05) is 6.42 Å². The Morgan fingerprint density at radius 1 is 0.516 bits per heavy atom. The van der Waals surface area contributed by atoms with Crippen LogP contribution in [0.25, 0.3) is 0 Å². The van der Waals surface area contributed by atoms with Crippen molar-refractivity contribution in [2.75, 3.05) is 18.5 Å². The largest absolute Gasteiger partial charge is 0.481 e. The summed E-state index contributed by atoms with van der Waals surface area (Å²) >= 11 is 0. The van der Waals surface area contributed by atoms with Gasteiger partial charge in [0.15, 0.2) is 0 Å². The summed E-state index contributed by atoms with van der Waals surface area (Å²) in [6.07, 6.45) is 31.5. The van der Waals surface area contributed by atoms with Gasteiger partial charge in [-0.3, -0.25) is 4.79 Å². The topological polar surface area (TPSA) is 72.3 Å². The molecule has 4 heteroatoms. The number of carboxylic acids is 1. The van der Waals surface area contributed by atoms with Crippen LogP contribution in [0.1, 0.15) is 150 Å². The summed E-state index contributed by atoms with van der Waals surface area (Å²) in [5, 5.41) is 7.72. The van der Waals surface area contributed by atoms with Crippen molar-refractivity contribution in [2.45, 2.75) is 150 Å². The van der Waals surface area contributed by atoms with Crippen molar-refractivity contribution < 1.29 is 9.90 Å². The first-order valence-corrected chi connectivity index (χ1v) is 15.5. The molecule has 3 nitrogen and oxygen atoms in total. The molecule has 0 atom stereocenters. The van der Waals surface area contributed by atoms with Gasteiger partial charge in [-0.15, -0.1) is 7.92 Å². The minimum atomic E-state index is -0.745. The zero-order valence-corrected chi connectivity index (χ0v) is 23.0. The quantitative estimate of drug-likeness (QED) is 0.124. The first kappa shape index (κ1) is 35.4. The fourth-order valence-corrected chi connectivity index (χ4v) is 6.37. The van der Waals surface area contributed by atoms with Crippen LogP contribution >= 0.6 is 7.92 Å². The maximum Gasteiger partial charge on any atom is 0.303 e. The van der Waals surface area contributed by atoms with Crippen LogP contribution in [-0.4, -0.2) is 29.6 Å². The van der Waals surface area contributed by atoms with E-state index < -0.39 is 5.97 Å². The van der Waals surface area contributed by atoms with Gasteiger partial charge in [-0.1, -0.05) is 124 Å². The smallest absolute Gasteiger partial charge is 0.303 e. The lowest BCUT2D eigenvalue weighted by molar-refractivity contribution is -0.136. The van der Waals surface area contributed by atoms with Crippen LogP contribution in [0.4, 0.5) is 0 Å². The molecule has 190 valence electrons. The summed E-state index contributed by atoms with van der Waals surface area (Å²) < 4.78 is 0. The Hall–Kier alpha value is -0.140. The molecule has 0 amide bonds. The van der Waals surface area contributed by atoms with E-state index in [4.69, 9.17) is 5.11 Å². The number of aliphatic carboxylic acids is 1. The highest BCUT2D eigenvalue weighted by Gasteiger charge is 2.07. The Labute approximate surface area is 198 Å².